The van der Waals surface area contributed by atoms with Crippen LogP contribution in [0.3, 0.4) is 0 Å². The van der Waals surface area contributed by atoms with E-state index in [2.05, 4.69) is 10.2 Å². The third-order valence-corrected chi connectivity index (χ3v) is 2.83. The second-order valence-corrected chi connectivity index (χ2v) is 4.05. The van der Waals surface area contributed by atoms with E-state index in [1.54, 1.807) is 13.2 Å². The highest BCUT2D eigenvalue weighted by Gasteiger charge is 2.14. The zero-order valence-corrected chi connectivity index (χ0v) is 9.90. The molecule has 0 spiro atoms. The molecule has 1 heterocycles. The van der Waals surface area contributed by atoms with E-state index in [1.807, 2.05) is 12.1 Å². The Morgan fingerprint density at radius 2 is 2.18 bits per heavy atom. The van der Waals surface area contributed by atoms with Crippen molar-refractivity contribution in [3.8, 4) is 5.75 Å². The van der Waals surface area contributed by atoms with Gasteiger partial charge in [-0.15, -0.1) is 0 Å². The van der Waals surface area contributed by atoms with Gasteiger partial charge in [-0.1, -0.05) is 0 Å². The molecule has 0 aromatic heterocycles. The summed E-state index contributed by atoms with van der Waals surface area (Å²) < 4.78 is 5.19. The Bertz CT molecular complexity index is 420. The van der Waals surface area contributed by atoms with E-state index >= 15 is 0 Å². The molecule has 1 saturated heterocycles. The Morgan fingerprint density at radius 1 is 1.35 bits per heavy atom. The van der Waals surface area contributed by atoms with Gasteiger partial charge in [0.2, 0.25) is 5.91 Å². The molecule has 1 aromatic rings. The molecular weight excluding hydrogens is 218 g/mol. The molecule has 0 aliphatic carbocycles. The Morgan fingerprint density at radius 3 is 2.94 bits per heavy atom. The average Bonchev–Trinajstić information content (AvgIpc) is 2.53. The first kappa shape index (κ1) is 11.6. The standard InChI is InChI=1S/C12H17N3O2/c1-17-11-7-9(13)6-10(8-11)15-4-2-12(16)14-3-5-15/h6-8H,2-5,13H2,1H3,(H,14,16). The number of ether oxygens (including phenoxy) is 1. The third-order valence-electron chi connectivity index (χ3n) is 2.83. The lowest BCUT2D eigenvalue weighted by Crippen LogP contribution is -2.28. The Balaban J connectivity index is 2.20. The summed E-state index contributed by atoms with van der Waals surface area (Å²) in [5.74, 6) is 0.840. The van der Waals surface area contributed by atoms with Crippen molar-refractivity contribution < 1.29 is 9.53 Å². The predicted molar refractivity (Wildman–Crippen MR) is 67.2 cm³/mol. The summed E-state index contributed by atoms with van der Waals surface area (Å²) in [6, 6.07) is 5.62. The van der Waals surface area contributed by atoms with Crippen LogP contribution in [0.4, 0.5) is 11.4 Å². The second-order valence-electron chi connectivity index (χ2n) is 4.05. The van der Waals surface area contributed by atoms with Crippen molar-refractivity contribution in [1.82, 2.24) is 5.32 Å². The van der Waals surface area contributed by atoms with Gasteiger partial charge in [-0.3, -0.25) is 4.79 Å². The lowest BCUT2D eigenvalue weighted by molar-refractivity contribution is -0.120. The number of rotatable bonds is 2. The van der Waals surface area contributed by atoms with E-state index in [0.717, 1.165) is 18.0 Å². The summed E-state index contributed by atoms with van der Waals surface area (Å²) >= 11 is 0. The third kappa shape index (κ3) is 2.81. The van der Waals surface area contributed by atoms with Crippen LogP contribution in [0.1, 0.15) is 6.42 Å². The summed E-state index contributed by atoms with van der Waals surface area (Å²) in [6.45, 7) is 2.16. The monoisotopic (exact) mass is 235 g/mol. The van der Waals surface area contributed by atoms with Crippen molar-refractivity contribution in [2.45, 2.75) is 6.42 Å². The van der Waals surface area contributed by atoms with E-state index in [-0.39, 0.29) is 5.91 Å². The largest absolute Gasteiger partial charge is 0.497 e. The molecule has 1 aliphatic rings. The van der Waals surface area contributed by atoms with Gasteiger partial charge in [0, 0.05) is 49.6 Å². The number of hydrogen-bond acceptors (Lipinski definition) is 4. The van der Waals surface area contributed by atoms with E-state index < -0.39 is 0 Å². The minimum absolute atomic E-state index is 0.100. The Kier molecular flexibility index (Phi) is 3.37. The molecule has 0 atom stereocenters. The highest BCUT2D eigenvalue weighted by Crippen LogP contribution is 2.25. The lowest BCUT2D eigenvalue weighted by atomic mass is 10.2. The van der Waals surface area contributed by atoms with Gasteiger partial charge in [0.1, 0.15) is 5.75 Å². The number of nitrogens with two attached hydrogens (primary N) is 1. The smallest absolute Gasteiger partial charge is 0.221 e. The average molecular weight is 235 g/mol. The van der Waals surface area contributed by atoms with Crippen LogP contribution in [0, 0.1) is 0 Å². The summed E-state index contributed by atoms with van der Waals surface area (Å²) in [5, 5.41) is 2.84. The normalized spacial score (nSPS) is 16.3. The number of nitrogen functional groups attached to an aromatic ring is 1. The number of carbonyl (C=O) groups is 1. The number of carbonyl (C=O) groups excluding carboxylic acids is 1. The van der Waals surface area contributed by atoms with Gasteiger partial charge < -0.3 is 20.7 Å². The Hall–Kier alpha value is -1.91. The number of methoxy groups -OCH3 is 1. The van der Waals surface area contributed by atoms with Crippen molar-refractivity contribution >= 4 is 17.3 Å². The minimum atomic E-state index is 0.100. The summed E-state index contributed by atoms with van der Waals surface area (Å²) in [6.07, 6.45) is 0.511. The fourth-order valence-electron chi connectivity index (χ4n) is 1.93. The van der Waals surface area contributed by atoms with Gasteiger partial charge in [-0.25, -0.2) is 0 Å². The van der Waals surface area contributed by atoms with E-state index in [9.17, 15) is 4.79 Å². The molecule has 1 aliphatic heterocycles. The number of anilines is 2. The van der Waals surface area contributed by atoms with Gasteiger partial charge in [0.15, 0.2) is 0 Å². The van der Waals surface area contributed by atoms with Crippen LogP contribution in [0.5, 0.6) is 5.75 Å². The van der Waals surface area contributed by atoms with Gasteiger partial charge >= 0.3 is 0 Å². The molecule has 0 bridgehead atoms. The molecule has 0 unspecified atom stereocenters. The molecule has 3 N–H and O–H groups in total. The van der Waals surface area contributed by atoms with Gasteiger partial charge in [0.25, 0.3) is 0 Å². The molecule has 2 rings (SSSR count). The van der Waals surface area contributed by atoms with Crippen LogP contribution in [-0.2, 0) is 4.79 Å². The zero-order valence-electron chi connectivity index (χ0n) is 9.90. The number of nitrogens with one attached hydrogen (secondary N) is 1. The maximum absolute atomic E-state index is 11.3. The minimum Gasteiger partial charge on any atom is -0.497 e. The molecule has 1 amide bonds. The first-order chi connectivity index (χ1) is 8.19. The Labute approximate surface area is 101 Å². The number of nitrogens with zero attached hydrogens (tertiary/aromatic N) is 1. The SMILES string of the molecule is COc1cc(N)cc(N2CCNC(=O)CC2)c1. The fourth-order valence-corrected chi connectivity index (χ4v) is 1.93. The number of benzene rings is 1. The van der Waals surface area contributed by atoms with Crippen LogP contribution in [0.25, 0.3) is 0 Å². The van der Waals surface area contributed by atoms with E-state index in [1.165, 1.54) is 0 Å². The van der Waals surface area contributed by atoms with Crippen LogP contribution in [0.15, 0.2) is 18.2 Å². The van der Waals surface area contributed by atoms with Crippen molar-refractivity contribution in [3.63, 3.8) is 0 Å². The molecule has 5 nitrogen and oxygen atoms in total. The summed E-state index contributed by atoms with van der Waals surface area (Å²) in [7, 11) is 1.62. The maximum atomic E-state index is 11.3. The van der Waals surface area contributed by atoms with Crippen LogP contribution >= 0.6 is 0 Å². The highest BCUT2D eigenvalue weighted by molar-refractivity contribution is 5.77. The molecule has 1 aromatic carbocycles. The lowest BCUT2D eigenvalue weighted by Gasteiger charge is -2.22. The van der Waals surface area contributed by atoms with Crippen molar-refractivity contribution in [3.05, 3.63) is 18.2 Å². The van der Waals surface area contributed by atoms with Crippen molar-refractivity contribution in [2.24, 2.45) is 0 Å². The van der Waals surface area contributed by atoms with Crippen LogP contribution in [0.2, 0.25) is 0 Å². The number of hydrogen-bond donors (Lipinski definition) is 2. The molecule has 0 radical (unpaired) electrons. The van der Waals surface area contributed by atoms with Gasteiger partial charge in [-0.05, 0) is 6.07 Å². The van der Waals surface area contributed by atoms with Crippen LogP contribution < -0.4 is 20.7 Å². The highest BCUT2D eigenvalue weighted by atomic mass is 16.5. The maximum Gasteiger partial charge on any atom is 0.221 e. The molecule has 0 saturated carbocycles. The van der Waals surface area contributed by atoms with E-state index in [0.29, 0.717) is 25.2 Å². The van der Waals surface area contributed by atoms with Crippen LogP contribution in [-0.4, -0.2) is 32.7 Å². The first-order valence-corrected chi connectivity index (χ1v) is 5.65. The van der Waals surface area contributed by atoms with E-state index in [4.69, 9.17) is 10.5 Å². The number of amides is 1. The fraction of sp³-hybridized carbons (Fsp3) is 0.417. The predicted octanol–water partition coefficient (Wildman–Crippen LogP) is 0.604. The zero-order chi connectivity index (χ0) is 12.3. The molecule has 1 fully saturated rings. The quantitative estimate of drug-likeness (QED) is 0.737. The molecule has 5 heteroatoms. The summed E-state index contributed by atoms with van der Waals surface area (Å²) in [4.78, 5) is 13.4. The van der Waals surface area contributed by atoms with Gasteiger partial charge in [0.05, 0.1) is 7.11 Å². The molecule has 92 valence electrons. The summed E-state index contributed by atoms with van der Waals surface area (Å²) in [5.41, 5.74) is 7.49. The first-order valence-electron chi connectivity index (χ1n) is 5.65. The van der Waals surface area contributed by atoms with Gasteiger partial charge in [-0.2, -0.15) is 0 Å². The van der Waals surface area contributed by atoms with Crippen molar-refractivity contribution in [2.75, 3.05) is 37.4 Å². The second kappa shape index (κ2) is 4.95. The van der Waals surface area contributed by atoms with Crippen molar-refractivity contribution in [1.29, 1.82) is 0 Å². The molecule has 17 heavy (non-hydrogen) atoms. The molecular formula is C12H17N3O2. The topological polar surface area (TPSA) is 67.6 Å².